The van der Waals surface area contributed by atoms with Crippen molar-refractivity contribution in [3.63, 3.8) is 0 Å². The molecule has 1 aliphatic carbocycles. The lowest BCUT2D eigenvalue weighted by Crippen LogP contribution is -2.83. The van der Waals surface area contributed by atoms with Crippen LogP contribution >= 0.6 is 0 Å². The Morgan fingerprint density at radius 1 is 0.891 bits per heavy atom. The van der Waals surface area contributed by atoms with E-state index in [1.807, 2.05) is 67.6 Å². The van der Waals surface area contributed by atoms with E-state index < -0.39 is 65.9 Å². The maximum Gasteiger partial charge on any atom is 0.410 e. The van der Waals surface area contributed by atoms with Crippen LogP contribution in [0.1, 0.15) is 30.9 Å². The fourth-order valence-electron chi connectivity index (χ4n) is 7.53. The van der Waals surface area contributed by atoms with Crippen LogP contribution in [0, 0.1) is 0 Å². The molecule has 10 atom stereocenters. The van der Waals surface area contributed by atoms with Crippen molar-refractivity contribution in [1.29, 1.82) is 0 Å². The van der Waals surface area contributed by atoms with E-state index in [0.717, 1.165) is 11.1 Å². The van der Waals surface area contributed by atoms with Gasteiger partial charge in [0.05, 0.1) is 31.4 Å². The molecule has 2 N–H and O–H groups in total. The molecule has 2 aromatic carbocycles. The van der Waals surface area contributed by atoms with Crippen molar-refractivity contribution in [1.82, 2.24) is 9.80 Å². The average Bonchev–Trinajstić information content (AvgIpc) is 3.72. The Balaban J connectivity index is 1.21. The van der Waals surface area contributed by atoms with Crippen LogP contribution in [0.2, 0.25) is 0 Å². The van der Waals surface area contributed by atoms with E-state index in [9.17, 15) is 19.8 Å². The summed E-state index contributed by atoms with van der Waals surface area (Å²) in [7, 11) is 2.99. The fraction of sp³-hybridized carbons (Fsp3) is 0.576. The van der Waals surface area contributed by atoms with E-state index in [1.165, 1.54) is 23.9 Å². The van der Waals surface area contributed by atoms with Crippen molar-refractivity contribution in [3.05, 3.63) is 71.8 Å². The molecule has 1 saturated carbocycles. The summed E-state index contributed by atoms with van der Waals surface area (Å²) < 4.78 is 42.6. The Hall–Kier alpha value is -3.30. The van der Waals surface area contributed by atoms with Gasteiger partial charge in [-0.15, -0.1) is 0 Å². The van der Waals surface area contributed by atoms with E-state index in [4.69, 9.17) is 33.2 Å². The molecule has 0 radical (unpaired) electrons. The van der Waals surface area contributed by atoms with Gasteiger partial charge in [0, 0.05) is 26.9 Å². The summed E-state index contributed by atoms with van der Waals surface area (Å²) in [4.78, 5) is 29.6. The van der Waals surface area contributed by atoms with Gasteiger partial charge >= 0.3 is 12.2 Å². The molecule has 2 spiro atoms. The summed E-state index contributed by atoms with van der Waals surface area (Å²) in [6.07, 6.45) is -5.83. The predicted octanol–water partition coefficient (Wildman–Crippen LogP) is 2.17. The Labute approximate surface area is 266 Å². The minimum Gasteiger partial charge on any atom is -0.445 e. The quantitative estimate of drug-likeness (QED) is 0.448. The Morgan fingerprint density at radius 3 is 1.98 bits per heavy atom. The number of hydrogen-bond donors (Lipinski definition) is 2. The summed E-state index contributed by atoms with van der Waals surface area (Å²) in [5.41, 5.74) is -0.823. The second kappa shape index (κ2) is 11.7. The van der Waals surface area contributed by atoms with Crippen molar-refractivity contribution in [2.45, 2.75) is 92.8 Å². The standard InChI is InChI=1S/C33H40N2O11/c1-20-16-31(19-43-31)33(39)28(44-20)46-32-14-15-40-26(32)23(34(2)29(37)41-17-21-10-6-4-7-11-21)25(36)24(27(32)45-33)35(3)30(38)42-18-22-12-8-5-9-13-22/h4-13,20,23-28,36,39H,14-19H2,1-3H3/t20-,23-,24+,25+,26+,27-,28+,31-,32-,33-/m1/s1. The van der Waals surface area contributed by atoms with Crippen molar-refractivity contribution in [3.8, 4) is 0 Å². The molecule has 46 heavy (non-hydrogen) atoms. The highest BCUT2D eigenvalue weighted by molar-refractivity contribution is 5.69. The minimum atomic E-state index is -2.03. The van der Waals surface area contributed by atoms with Crippen LogP contribution in [0.25, 0.3) is 0 Å². The number of epoxide rings is 1. The number of likely N-dealkylation sites (N-methyl/N-ethyl adjacent to an activating group) is 2. The summed E-state index contributed by atoms with van der Waals surface area (Å²) in [5.74, 6) is -2.03. The van der Waals surface area contributed by atoms with Gasteiger partial charge in [0.15, 0.2) is 5.60 Å². The number of aliphatic hydroxyl groups is 2. The van der Waals surface area contributed by atoms with Crippen molar-refractivity contribution >= 4 is 12.2 Å². The van der Waals surface area contributed by atoms with Gasteiger partial charge in [-0.2, -0.15) is 0 Å². The molecule has 2 amide bonds. The zero-order valence-corrected chi connectivity index (χ0v) is 26.0. The second-order valence-electron chi connectivity index (χ2n) is 12.9. The summed E-state index contributed by atoms with van der Waals surface area (Å²) >= 11 is 0. The van der Waals surface area contributed by atoms with Gasteiger partial charge in [-0.3, -0.25) is 0 Å². The predicted molar refractivity (Wildman–Crippen MR) is 158 cm³/mol. The van der Waals surface area contributed by atoms with E-state index in [1.54, 1.807) is 0 Å². The number of aliphatic hydroxyl groups excluding tert-OH is 1. The third-order valence-electron chi connectivity index (χ3n) is 10.0. The molecule has 7 rings (SSSR count). The first-order valence-corrected chi connectivity index (χ1v) is 15.6. The van der Waals surface area contributed by atoms with Gasteiger partial charge in [-0.1, -0.05) is 60.7 Å². The lowest BCUT2D eigenvalue weighted by molar-refractivity contribution is -0.479. The molecule has 4 aliphatic heterocycles. The van der Waals surface area contributed by atoms with Crippen LogP contribution in [-0.2, 0) is 46.4 Å². The highest BCUT2D eigenvalue weighted by Gasteiger charge is 2.79. The number of fused-ring (bicyclic) bond motifs is 2. The Kier molecular flexibility index (Phi) is 7.99. The maximum atomic E-state index is 13.6. The van der Waals surface area contributed by atoms with Crippen molar-refractivity contribution in [2.75, 3.05) is 27.3 Å². The van der Waals surface area contributed by atoms with Crippen molar-refractivity contribution in [2.24, 2.45) is 0 Å². The van der Waals surface area contributed by atoms with Gasteiger partial charge in [-0.25, -0.2) is 9.59 Å². The SMILES string of the molecule is C[C@@H]1C[C@@]2(CO2)[C@]2(O)O[C@@H]3[C@@H](N(C)C(=O)OCc4ccccc4)[C@@H](O)[C@@H](N(C)C(=O)OCc4ccccc4)[C@@H]4OCC[C@]34O[C@@H]2O1. The molecule has 5 aliphatic rings. The fourth-order valence-corrected chi connectivity index (χ4v) is 7.53. The van der Waals surface area contributed by atoms with E-state index >= 15 is 0 Å². The van der Waals surface area contributed by atoms with Gasteiger partial charge in [0.2, 0.25) is 6.29 Å². The highest BCUT2D eigenvalue weighted by atomic mass is 16.8. The van der Waals surface area contributed by atoms with Crippen LogP contribution in [0.3, 0.4) is 0 Å². The van der Waals surface area contributed by atoms with Gasteiger partial charge in [-0.05, 0) is 18.1 Å². The zero-order valence-electron chi connectivity index (χ0n) is 26.0. The van der Waals surface area contributed by atoms with Crippen LogP contribution < -0.4 is 0 Å². The largest absolute Gasteiger partial charge is 0.445 e. The topological polar surface area (TPSA) is 149 Å². The molecular weight excluding hydrogens is 600 g/mol. The third kappa shape index (κ3) is 5.05. The Bertz CT molecular complexity index is 1430. The number of hydrogen-bond acceptors (Lipinski definition) is 11. The van der Waals surface area contributed by atoms with Gasteiger partial charge in [0.25, 0.3) is 5.79 Å². The molecule has 4 heterocycles. The molecule has 2 aromatic rings. The Morgan fingerprint density at radius 2 is 1.43 bits per heavy atom. The number of carbonyl (C=O) groups is 2. The van der Waals surface area contributed by atoms with E-state index in [2.05, 4.69) is 0 Å². The van der Waals surface area contributed by atoms with Gasteiger partial charge < -0.3 is 53.2 Å². The van der Waals surface area contributed by atoms with E-state index in [-0.39, 0.29) is 39.0 Å². The summed E-state index contributed by atoms with van der Waals surface area (Å²) in [6, 6.07) is 16.2. The molecular formula is C33H40N2O11. The minimum absolute atomic E-state index is 0.00440. The van der Waals surface area contributed by atoms with Crippen molar-refractivity contribution < 1.29 is 53.0 Å². The maximum absolute atomic E-state index is 13.6. The lowest BCUT2D eigenvalue weighted by Gasteiger charge is -2.62. The molecule has 5 fully saturated rings. The number of amides is 2. The first kappa shape index (κ1) is 31.3. The highest BCUT2D eigenvalue weighted by Crippen LogP contribution is 2.58. The third-order valence-corrected chi connectivity index (χ3v) is 10.0. The summed E-state index contributed by atoms with van der Waals surface area (Å²) in [6.45, 7) is 2.32. The summed E-state index contributed by atoms with van der Waals surface area (Å²) in [5, 5.41) is 24.2. The molecule has 248 valence electrons. The van der Waals surface area contributed by atoms with E-state index in [0.29, 0.717) is 6.42 Å². The first-order valence-electron chi connectivity index (χ1n) is 15.6. The monoisotopic (exact) mass is 640 g/mol. The molecule has 13 nitrogen and oxygen atoms in total. The van der Waals surface area contributed by atoms with Crippen LogP contribution in [-0.4, -0.2) is 119 Å². The second-order valence-corrected chi connectivity index (χ2v) is 12.9. The smallest absolute Gasteiger partial charge is 0.410 e. The first-order chi connectivity index (χ1) is 22.1. The number of rotatable bonds is 6. The molecule has 0 unspecified atom stereocenters. The van der Waals surface area contributed by atoms with Crippen LogP contribution in [0.4, 0.5) is 9.59 Å². The number of ether oxygens (including phenoxy) is 7. The molecule has 0 aromatic heterocycles. The molecule has 0 bridgehead atoms. The molecule has 13 heteroatoms. The van der Waals surface area contributed by atoms with Crippen LogP contribution in [0.15, 0.2) is 60.7 Å². The normalized spacial score (nSPS) is 39.0. The number of carbonyl (C=O) groups excluding carboxylic acids is 2. The molecule has 4 saturated heterocycles. The zero-order chi connectivity index (χ0) is 32.3. The lowest BCUT2D eigenvalue weighted by atomic mass is 9.69. The number of nitrogens with zero attached hydrogens (tertiary/aromatic N) is 2. The van der Waals surface area contributed by atoms with Crippen LogP contribution in [0.5, 0.6) is 0 Å². The van der Waals surface area contributed by atoms with Gasteiger partial charge in [0.1, 0.15) is 37.1 Å². The average molecular weight is 641 g/mol. The number of benzene rings is 2.